The fourth-order valence-corrected chi connectivity index (χ4v) is 4.36. The van der Waals surface area contributed by atoms with Crippen LogP contribution >= 0.6 is 0 Å². The molecule has 26 heavy (non-hydrogen) atoms. The molecule has 136 valence electrons. The summed E-state index contributed by atoms with van der Waals surface area (Å²) in [5.74, 6) is 0.618. The molecule has 4 rings (SSSR count). The molecule has 2 aliphatic rings. The Labute approximate surface area is 152 Å². The number of hydrogen-bond acceptors (Lipinski definition) is 4. The summed E-state index contributed by atoms with van der Waals surface area (Å²) in [5, 5.41) is 3.70. The van der Waals surface area contributed by atoms with E-state index >= 15 is 0 Å². The molecule has 2 saturated heterocycles. The molecule has 0 aliphatic carbocycles. The van der Waals surface area contributed by atoms with E-state index in [1.54, 1.807) is 6.92 Å². The SMILES string of the molecule is Cc1oncc1C(=O)N1CCC2(CC1)C[C@@H](c1ccccc1)C(=O)N2C. The minimum absolute atomic E-state index is 0.0369. The van der Waals surface area contributed by atoms with Gasteiger partial charge in [0.05, 0.1) is 12.1 Å². The van der Waals surface area contributed by atoms with Gasteiger partial charge in [-0.2, -0.15) is 0 Å². The number of aryl methyl sites for hydroxylation is 1. The average Bonchev–Trinajstić information content (AvgIpc) is 3.20. The highest BCUT2D eigenvalue weighted by atomic mass is 16.5. The van der Waals surface area contributed by atoms with Crippen molar-refractivity contribution in [1.29, 1.82) is 0 Å². The lowest BCUT2D eigenvalue weighted by molar-refractivity contribution is -0.131. The van der Waals surface area contributed by atoms with Gasteiger partial charge in [-0.3, -0.25) is 9.59 Å². The first kappa shape index (κ1) is 16.8. The van der Waals surface area contributed by atoms with Gasteiger partial charge in [0.25, 0.3) is 5.91 Å². The third-order valence-corrected chi connectivity index (χ3v) is 6.09. The largest absolute Gasteiger partial charge is 0.361 e. The van der Waals surface area contributed by atoms with Crippen LogP contribution in [0.2, 0.25) is 0 Å². The molecular formula is C20H23N3O3. The van der Waals surface area contributed by atoms with E-state index in [0.29, 0.717) is 24.4 Å². The molecule has 0 saturated carbocycles. The van der Waals surface area contributed by atoms with Crippen LogP contribution in [0.5, 0.6) is 0 Å². The Morgan fingerprint density at radius 1 is 1.23 bits per heavy atom. The number of carbonyl (C=O) groups is 2. The second-order valence-corrected chi connectivity index (χ2v) is 7.38. The number of nitrogens with zero attached hydrogens (tertiary/aromatic N) is 3. The third-order valence-electron chi connectivity index (χ3n) is 6.09. The predicted molar refractivity (Wildman–Crippen MR) is 95.7 cm³/mol. The topological polar surface area (TPSA) is 66.7 Å². The second kappa shape index (κ2) is 6.27. The van der Waals surface area contributed by atoms with E-state index in [1.807, 2.05) is 47.2 Å². The minimum atomic E-state index is -0.155. The van der Waals surface area contributed by atoms with E-state index < -0.39 is 0 Å². The second-order valence-electron chi connectivity index (χ2n) is 7.38. The van der Waals surface area contributed by atoms with Gasteiger partial charge in [-0.25, -0.2) is 0 Å². The van der Waals surface area contributed by atoms with Gasteiger partial charge in [0, 0.05) is 25.7 Å². The van der Waals surface area contributed by atoms with Crippen LogP contribution in [0.25, 0.3) is 0 Å². The number of piperidine rings is 1. The quantitative estimate of drug-likeness (QED) is 0.832. The van der Waals surface area contributed by atoms with E-state index in [2.05, 4.69) is 5.16 Å². The van der Waals surface area contributed by atoms with Crippen LogP contribution in [0, 0.1) is 6.92 Å². The number of carbonyl (C=O) groups excluding carboxylic acids is 2. The lowest BCUT2D eigenvalue weighted by Crippen LogP contribution is -2.52. The molecular weight excluding hydrogens is 330 g/mol. The molecule has 2 fully saturated rings. The molecule has 0 radical (unpaired) electrons. The summed E-state index contributed by atoms with van der Waals surface area (Å²) in [6.07, 6.45) is 3.91. The van der Waals surface area contributed by atoms with E-state index in [4.69, 9.17) is 4.52 Å². The van der Waals surface area contributed by atoms with E-state index in [0.717, 1.165) is 24.8 Å². The van der Waals surface area contributed by atoms with Gasteiger partial charge in [0.2, 0.25) is 5.91 Å². The standard InChI is InChI=1S/C20H23N3O3/c1-14-17(13-21-26-14)19(25)23-10-8-20(9-11-23)12-16(18(24)22(20)2)15-6-4-3-5-7-15/h3-7,13,16H,8-12H2,1-2H3/t16-/m0/s1. The Balaban J connectivity index is 1.49. The highest BCUT2D eigenvalue weighted by molar-refractivity contribution is 5.95. The lowest BCUT2D eigenvalue weighted by Gasteiger charge is -2.43. The van der Waals surface area contributed by atoms with Crippen molar-refractivity contribution < 1.29 is 14.1 Å². The summed E-state index contributed by atoms with van der Waals surface area (Å²) in [4.78, 5) is 29.3. The fourth-order valence-electron chi connectivity index (χ4n) is 4.36. The molecule has 1 atom stereocenters. The molecule has 0 bridgehead atoms. The van der Waals surface area contributed by atoms with Crippen LogP contribution < -0.4 is 0 Å². The highest BCUT2D eigenvalue weighted by Crippen LogP contribution is 2.44. The zero-order valence-electron chi connectivity index (χ0n) is 15.1. The van der Waals surface area contributed by atoms with E-state index in [9.17, 15) is 9.59 Å². The molecule has 1 aromatic carbocycles. The van der Waals surface area contributed by atoms with Crippen LogP contribution in [0.3, 0.4) is 0 Å². The van der Waals surface area contributed by atoms with Crippen LogP contribution in [-0.2, 0) is 4.79 Å². The Bertz CT molecular complexity index is 822. The van der Waals surface area contributed by atoms with Crippen molar-refractivity contribution in [3.05, 3.63) is 53.4 Å². The normalized spacial score (nSPS) is 22.2. The van der Waals surface area contributed by atoms with Gasteiger partial charge in [-0.05, 0) is 31.7 Å². The van der Waals surface area contributed by atoms with Crippen LogP contribution in [0.15, 0.2) is 41.1 Å². The first-order chi connectivity index (χ1) is 12.5. The summed E-state index contributed by atoms with van der Waals surface area (Å²) < 4.78 is 5.01. The fraction of sp³-hybridized carbons (Fsp3) is 0.450. The number of aromatic nitrogens is 1. The summed E-state index contributed by atoms with van der Waals surface area (Å²) >= 11 is 0. The van der Waals surface area contributed by atoms with Crippen LogP contribution in [0.4, 0.5) is 0 Å². The van der Waals surface area contributed by atoms with Crippen LogP contribution in [-0.4, -0.2) is 52.4 Å². The number of amides is 2. The molecule has 6 nitrogen and oxygen atoms in total. The number of likely N-dealkylation sites (tertiary alicyclic amines) is 2. The number of likely N-dealkylation sites (N-methyl/N-ethyl adjacent to an activating group) is 1. The third kappa shape index (κ3) is 2.60. The minimum Gasteiger partial charge on any atom is -0.361 e. The van der Waals surface area contributed by atoms with Crippen LogP contribution in [0.1, 0.15) is 46.9 Å². The molecule has 2 aromatic rings. The zero-order chi connectivity index (χ0) is 18.3. The molecule has 2 aliphatic heterocycles. The van der Waals surface area contributed by atoms with Crippen molar-refractivity contribution in [3.8, 4) is 0 Å². The maximum absolute atomic E-state index is 12.9. The monoisotopic (exact) mass is 353 g/mol. The Morgan fingerprint density at radius 3 is 2.54 bits per heavy atom. The van der Waals surface area contributed by atoms with Crippen molar-refractivity contribution in [3.63, 3.8) is 0 Å². The molecule has 0 unspecified atom stereocenters. The molecule has 2 amide bonds. The molecule has 3 heterocycles. The Kier molecular flexibility index (Phi) is 4.05. The number of hydrogen-bond donors (Lipinski definition) is 0. The first-order valence-corrected chi connectivity index (χ1v) is 9.05. The first-order valence-electron chi connectivity index (χ1n) is 9.05. The van der Waals surface area contributed by atoms with Gasteiger partial charge >= 0.3 is 0 Å². The summed E-state index contributed by atoms with van der Waals surface area (Å²) in [6.45, 7) is 3.03. The predicted octanol–water partition coefficient (Wildman–Crippen LogP) is 2.60. The summed E-state index contributed by atoms with van der Waals surface area (Å²) in [6, 6.07) is 10.00. The van der Waals surface area contributed by atoms with Gasteiger partial charge in [0.1, 0.15) is 11.3 Å². The van der Waals surface area contributed by atoms with E-state index in [1.165, 1.54) is 6.20 Å². The molecule has 1 aromatic heterocycles. The zero-order valence-corrected chi connectivity index (χ0v) is 15.1. The van der Waals surface area contributed by atoms with Gasteiger partial charge < -0.3 is 14.3 Å². The van der Waals surface area contributed by atoms with Crippen molar-refractivity contribution in [1.82, 2.24) is 15.0 Å². The van der Waals surface area contributed by atoms with Crippen molar-refractivity contribution in [2.24, 2.45) is 0 Å². The Hall–Kier alpha value is -2.63. The molecule has 1 spiro atoms. The lowest BCUT2D eigenvalue weighted by atomic mass is 9.81. The number of rotatable bonds is 2. The highest BCUT2D eigenvalue weighted by Gasteiger charge is 2.50. The average molecular weight is 353 g/mol. The number of benzene rings is 1. The maximum atomic E-state index is 12.9. The van der Waals surface area contributed by atoms with Crippen molar-refractivity contribution in [2.45, 2.75) is 37.6 Å². The van der Waals surface area contributed by atoms with Gasteiger partial charge in [-0.1, -0.05) is 35.5 Å². The maximum Gasteiger partial charge on any atom is 0.259 e. The van der Waals surface area contributed by atoms with Gasteiger partial charge in [0.15, 0.2) is 0 Å². The molecule has 6 heteroatoms. The van der Waals surface area contributed by atoms with Gasteiger partial charge in [-0.15, -0.1) is 0 Å². The van der Waals surface area contributed by atoms with E-state index in [-0.39, 0.29) is 23.3 Å². The van der Waals surface area contributed by atoms with Crippen molar-refractivity contribution in [2.75, 3.05) is 20.1 Å². The molecule has 0 N–H and O–H groups in total. The summed E-state index contributed by atoms with van der Waals surface area (Å²) in [7, 11) is 1.91. The Morgan fingerprint density at radius 2 is 1.92 bits per heavy atom. The van der Waals surface area contributed by atoms with Crippen molar-refractivity contribution >= 4 is 11.8 Å². The smallest absolute Gasteiger partial charge is 0.259 e. The summed E-state index contributed by atoms with van der Waals surface area (Å²) in [5.41, 5.74) is 1.46.